The van der Waals surface area contributed by atoms with Crippen molar-refractivity contribution in [2.75, 3.05) is 13.1 Å². The Kier molecular flexibility index (Phi) is 4.37. The van der Waals surface area contributed by atoms with E-state index in [1.54, 1.807) is 6.07 Å². The Morgan fingerprint density at radius 1 is 1.50 bits per heavy atom. The Labute approximate surface area is 118 Å². The first kappa shape index (κ1) is 14.5. The van der Waals surface area contributed by atoms with E-state index in [0.29, 0.717) is 17.4 Å². The van der Waals surface area contributed by atoms with Gasteiger partial charge in [0.2, 0.25) is 0 Å². The molecule has 1 atom stereocenters. The summed E-state index contributed by atoms with van der Waals surface area (Å²) in [5.41, 5.74) is 0.316. The van der Waals surface area contributed by atoms with Crippen LogP contribution in [0.25, 0.3) is 0 Å². The topological polar surface area (TPSA) is 70.5 Å². The number of rotatable bonds is 4. The van der Waals surface area contributed by atoms with E-state index >= 15 is 0 Å². The first-order valence-corrected chi connectivity index (χ1v) is 6.96. The van der Waals surface area contributed by atoms with Gasteiger partial charge in [0.25, 0.3) is 5.91 Å². The molecular weight excluding hydrogens is 256 g/mol. The van der Waals surface area contributed by atoms with Gasteiger partial charge in [0.1, 0.15) is 5.69 Å². The van der Waals surface area contributed by atoms with Crippen molar-refractivity contribution in [1.82, 2.24) is 9.88 Å². The smallest absolute Gasteiger partial charge is 0.354 e. The van der Waals surface area contributed by atoms with Crippen LogP contribution in [0.1, 0.15) is 47.5 Å². The summed E-state index contributed by atoms with van der Waals surface area (Å²) >= 11 is 0. The number of amides is 1. The van der Waals surface area contributed by atoms with E-state index in [1.807, 2.05) is 4.90 Å². The zero-order valence-corrected chi connectivity index (χ0v) is 11.9. The third-order valence-corrected chi connectivity index (χ3v) is 3.60. The van der Waals surface area contributed by atoms with Crippen LogP contribution in [0.2, 0.25) is 0 Å². The minimum atomic E-state index is -1.11. The van der Waals surface area contributed by atoms with Gasteiger partial charge in [-0.1, -0.05) is 13.8 Å². The molecule has 0 radical (unpaired) electrons. The lowest BCUT2D eigenvalue weighted by Crippen LogP contribution is -2.29. The maximum atomic E-state index is 12.4. The summed E-state index contributed by atoms with van der Waals surface area (Å²) in [6, 6.07) is 2.92. The van der Waals surface area contributed by atoms with Crippen molar-refractivity contribution >= 4 is 11.9 Å². The molecule has 2 heterocycles. The predicted octanol–water partition coefficient (Wildman–Crippen LogP) is 2.29. The van der Waals surface area contributed by atoms with Crippen LogP contribution in [0.4, 0.5) is 0 Å². The molecule has 2 rings (SSSR count). The fraction of sp³-hybridized carbons (Fsp3) is 0.533. The number of aromatic carboxylic acids is 1. The van der Waals surface area contributed by atoms with Crippen molar-refractivity contribution in [3.05, 3.63) is 29.6 Å². The number of carboxylic acid groups (broad SMARTS) is 1. The molecule has 1 aromatic heterocycles. The van der Waals surface area contributed by atoms with Gasteiger partial charge in [-0.3, -0.25) is 4.79 Å². The van der Waals surface area contributed by atoms with Crippen molar-refractivity contribution in [3.63, 3.8) is 0 Å². The molecule has 0 saturated carbocycles. The van der Waals surface area contributed by atoms with Crippen molar-refractivity contribution in [1.29, 1.82) is 0 Å². The van der Waals surface area contributed by atoms with E-state index in [0.717, 1.165) is 25.9 Å². The highest BCUT2D eigenvalue weighted by atomic mass is 16.4. The number of hydrogen-bond acceptors (Lipinski definition) is 3. The number of carboxylic acids is 1. The lowest BCUT2D eigenvalue weighted by Gasteiger charge is -2.17. The van der Waals surface area contributed by atoms with E-state index in [1.165, 1.54) is 12.3 Å². The van der Waals surface area contributed by atoms with Gasteiger partial charge in [-0.05, 0) is 36.8 Å². The van der Waals surface area contributed by atoms with Crippen molar-refractivity contribution in [2.24, 2.45) is 11.8 Å². The second kappa shape index (κ2) is 6.03. The monoisotopic (exact) mass is 276 g/mol. The Hall–Kier alpha value is -1.91. The van der Waals surface area contributed by atoms with Crippen LogP contribution in [0.5, 0.6) is 0 Å². The molecule has 1 amide bonds. The van der Waals surface area contributed by atoms with Crippen LogP contribution >= 0.6 is 0 Å². The lowest BCUT2D eigenvalue weighted by molar-refractivity contribution is 0.0690. The van der Waals surface area contributed by atoms with E-state index in [9.17, 15) is 9.59 Å². The third kappa shape index (κ3) is 3.35. The predicted molar refractivity (Wildman–Crippen MR) is 74.7 cm³/mol. The molecule has 20 heavy (non-hydrogen) atoms. The molecule has 108 valence electrons. The molecule has 1 aliphatic heterocycles. The molecule has 1 fully saturated rings. The van der Waals surface area contributed by atoms with Crippen molar-refractivity contribution in [3.8, 4) is 0 Å². The maximum absolute atomic E-state index is 12.4. The highest BCUT2D eigenvalue weighted by Gasteiger charge is 2.27. The molecule has 1 aromatic rings. The van der Waals surface area contributed by atoms with Gasteiger partial charge >= 0.3 is 5.97 Å². The largest absolute Gasteiger partial charge is 0.477 e. The number of pyridine rings is 1. The number of hydrogen-bond donors (Lipinski definition) is 1. The van der Waals surface area contributed by atoms with Gasteiger partial charge < -0.3 is 10.0 Å². The molecule has 1 saturated heterocycles. The molecule has 0 aromatic carbocycles. The molecule has 0 bridgehead atoms. The number of likely N-dealkylation sites (tertiary alicyclic amines) is 1. The second-order valence-electron chi connectivity index (χ2n) is 5.77. The zero-order valence-electron chi connectivity index (χ0n) is 11.9. The fourth-order valence-electron chi connectivity index (χ4n) is 2.74. The summed E-state index contributed by atoms with van der Waals surface area (Å²) in [7, 11) is 0. The normalized spacial score (nSPS) is 18.6. The molecule has 5 heteroatoms. The van der Waals surface area contributed by atoms with Gasteiger partial charge in [0, 0.05) is 24.8 Å². The van der Waals surface area contributed by atoms with Gasteiger partial charge in [-0.2, -0.15) is 0 Å². The van der Waals surface area contributed by atoms with Crippen LogP contribution in [0, 0.1) is 11.8 Å². The second-order valence-corrected chi connectivity index (χ2v) is 5.77. The molecule has 1 aliphatic rings. The molecule has 5 nitrogen and oxygen atoms in total. The Morgan fingerprint density at radius 3 is 2.90 bits per heavy atom. The van der Waals surface area contributed by atoms with Crippen LogP contribution in [0.15, 0.2) is 18.3 Å². The van der Waals surface area contributed by atoms with E-state index in [-0.39, 0.29) is 11.6 Å². The summed E-state index contributed by atoms with van der Waals surface area (Å²) in [5.74, 6) is -0.0192. The van der Waals surface area contributed by atoms with Gasteiger partial charge in [-0.25, -0.2) is 9.78 Å². The zero-order chi connectivity index (χ0) is 14.7. The standard InChI is InChI=1S/C15H20N2O3/c1-10(2)7-11-4-6-17(9-11)14(18)12-3-5-16-13(8-12)15(19)20/h3,5,8,10-11H,4,6-7,9H2,1-2H3,(H,19,20). The van der Waals surface area contributed by atoms with Gasteiger partial charge in [0.15, 0.2) is 0 Å². The quantitative estimate of drug-likeness (QED) is 0.916. The number of carbonyl (C=O) groups is 2. The number of carbonyl (C=O) groups excluding carboxylic acids is 1. The first-order valence-electron chi connectivity index (χ1n) is 6.96. The third-order valence-electron chi connectivity index (χ3n) is 3.60. The molecule has 1 unspecified atom stereocenters. The molecule has 1 N–H and O–H groups in total. The summed E-state index contributed by atoms with van der Waals surface area (Å²) in [6.07, 6.45) is 3.53. The molecular formula is C15H20N2O3. The van der Waals surface area contributed by atoms with E-state index in [4.69, 9.17) is 5.11 Å². The van der Waals surface area contributed by atoms with Crippen molar-refractivity contribution in [2.45, 2.75) is 26.7 Å². The van der Waals surface area contributed by atoms with E-state index < -0.39 is 5.97 Å². The van der Waals surface area contributed by atoms with Crippen LogP contribution in [-0.4, -0.2) is 40.0 Å². The summed E-state index contributed by atoms with van der Waals surface area (Å²) in [5, 5.41) is 8.91. The van der Waals surface area contributed by atoms with Crippen LogP contribution in [0.3, 0.4) is 0 Å². The Balaban J connectivity index is 2.05. The fourth-order valence-corrected chi connectivity index (χ4v) is 2.74. The van der Waals surface area contributed by atoms with Crippen molar-refractivity contribution < 1.29 is 14.7 Å². The minimum Gasteiger partial charge on any atom is -0.477 e. The molecule has 0 aliphatic carbocycles. The first-order chi connectivity index (χ1) is 9.47. The average molecular weight is 276 g/mol. The molecule has 0 spiro atoms. The lowest BCUT2D eigenvalue weighted by atomic mass is 9.97. The van der Waals surface area contributed by atoms with Crippen LogP contribution < -0.4 is 0 Å². The Bertz CT molecular complexity index is 514. The SMILES string of the molecule is CC(C)CC1CCN(C(=O)c2ccnc(C(=O)O)c2)C1. The highest BCUT2D eigenvalue weighted by molar-refractivity contribution is 5.96. The highest BCUT2D eigenvalue weighted by Crippen LogP contribution is 2.24. The Morgan fingerprint density at radius 2 is 2.25 bits per heavy atom. The maximum Gasteiger partial charge on any atom is 0.354 e. The van der Waals surface area contributed by atoms with Gasteiger partial charge in [0.05, 0.1) is 0 Å². The summed E-state index contributed by atoms with van der Waals surface area (Å²) in [6.45, 7) is 5.89. The van der Waals surface area contributed by atoms with Gasteiger partial charge in [-0.15, -0.1) is 0 Å². The minimum absolute atomic E-state index is 0.0891. The van der Waals surface area contributed by atoms with E-state index in [2.05, 4.69) is 18.8 Å². The summed E-state index contributed by atoms with van der Waals surface area (Å²) in [4.78, 5) is 28.8. The number of aromatic nitrogens is 1. The number of nitrogens with zero attached hydrogens (tertiary/aromatic N) is 2. The average Bonchev–Trinajstić information content (AvgIpc) is 2.85. The van der Waals surface area contributed by atoms with Crippen LogP contribution in [-0.2, 0) is 0 Å². The summed E-state index contributed by atoms with van der Waals surface area (Å²) < 4.78 is 0.